The topological polar surface area (TPSA) is 83.1 Å². The molecule has 104 valence electrons. The minimum absolute atomic E-state index is 0.0241. The number of hydrogen-bond acceptors (Lipinski definition) is 4. The summed E-state index contributed by atoms with van der Waals surface area (Å²) in [6, 6.07) is 5.11. The van der Waals surface area contributed by atoms with Crippen LogP contribution in [0.3, 0.4) is 0 Å². The zero-order valence-corrected chi connectivity index (χ0v) is 11.6. The molecular weight excluding hydrogens is 278 g/mol. The molecule has 3 rings (SSSR count). The van der Waals surface area contributed by atoms with Gasteiger partial charge in [0.2, 0.25) is 0 Å². The highest BCUT2D eigenvalue weighted by molar-refractivity contribution is 7.92. The van der Waals surface area contributed by atoms with Gasteiger partial charge in [-0.2, -0.15) is 5.10 Å². The SMILES string of the molecule is CC(=O)c1ccc2c(c1)CCN2S(=O)(=O)c1cn[nH]c1. The molecule has 1 N–H and O–H groups in total. The zero-order chi connectivity index (χ0) is 14.3. The fourth-order valence-corrected chi connectivity index (χ4v) is 3.76. The average Bonchev–Trinajstić information content (AvgIpc) is 3.07. The van der Waals surface area contributed by atoms with Crippen LogP contribution in [0, 0.1) is 0 Å². The maximum absolute atomic E-state index is 12.5. The molecule has 0 amide bonds. The van der Waals surface area contributed by atoms with Crippen LogP contribution in [0.1, 0.15) is 22.8 Å². The number of nitrogens with zero attached hydrogens (tertiary/aromatic N) is 2. The van der Waals surface area contributed by atoms with Crippen LogP contribution >= 0.6 is 0 Å². The molecule has 1 aliphatic rings. The second kappa shape index (κ2) is 4.45. The number of ketones is 1. The van der Waals surface area contributed by atoms with Crippen molar-refractivity contribution in [1.29, 1.82) is 0 Å². The molecule has 2 aromatic rings. The second-order valence-corrected chi connectivity index (χ2v) is 6.52. The van der Waals surface area contributed by atoms with Gasteiger partial charge in [0.25, 0.3) is 10.0 Å². The van der Waals surface area contributed by atoms with Crippen molar-refractivity contribution < 1.29 is 13.2 Å². The summed E-state index contributed by atoms with van der Waals surface area (Å²) < 4.78 is 26.3. The molecule has 1 aliphatic heterocycles. The van der Waals surface area contributed by atoms with Crippen molar-refractivity contribution in [1.82, 2.24) is 10.2 Å². The maximum atomic E-state index is 12.5. The van der Waals surface area contributed by atoms with Crippen LogP contribution in [0.15, 0.2) is 35.5 Å². The number of Topliss-reactive ketones (excluding diaryl/α,β-unsaturated/α-hetero) is 1. The first-order chi connectivity index (χ1) is 9.50. The van der Waals surface area contributed by atoms with Crippen LogP contribution in [0.25, 0.3) is 0 Å². The smallest absolute Gasteiger partial charge is 0.267 e. The third kappa shape index (κ3) is 1.90. The van der Waals surface area contributed by atoms with Gasteiger partial charge in [0.15, 0.2) is 5.78 Å². The lowest BCUT2D eigenvalue weighted by Crippen LogP contribution is -2.28. The number of nitrogens with one attached hydrogen (secondary N) is 1. The summed E-state index contributed by atoms with van der Waals surface area (Å²) in [6.45, 7) is 1.88. The van der Waals surface area contributed by atoms with Crippen LogP contribution in [0.5, 0.6) is 0 Å². The molecule has 0 radical (unpaired) electrons. The Balaban J connectivity index is 2.04. The Hall–Kier alpha value is -2.15. The number of hydrogen-bond donors (Lipinski definition) is 1. The molecule has 0 fully saturated rings. The Kier molecular flexibility index (Phi) is 2.86. The summed E-state index contributed by atoms with van der Waals surface area (Å²) in [6.07, 6.45) is 3.25. The molecule has 0 unspecified atom stereocenters. The summed E-state index contributed by atoms with van der Waals surface area (Å²) >= 11 is 0. The lowest BCUT2D eigenvalue weighted by molar-refractivity contribution is 0.101. The van der Waals surface area contributed by atoms with Gasteiger partial charge in [-0.25, -0.2) is 8.42 Å². The number of fused-ring (bicyclic) bond motifs is 1. The Labute approximate surface area is 116 Å². The van der Waals surface area contributed by atoms with Gasteiger partial charge < -0.3 is 0 Å². The number of aromatic nitrogens is 2. The van der Waals surface area contributed by atoms with E-state index < -0.39 is 10.0 Å². The molecule has 0 spiro atoms. The van der Waals surface area contributed by atoms with Gasteiger partial charge in [-0.3, -0.25) is 14.2 Å². The zero-order valence-electron chi connectivity index (χ0n) is 10.8. The largest absolute Gasteiger partial charge is 0.295 e. The molecule has 6 nitrogen and oxygen atoms in total. The Bertz CT molecular complexity index is 766. The van der Waals surface area contributed by atoms with Gasteiger partial charge in [-0.05, 0) is 37.1 Å². The van der Waals surface area contributed by atoms with Gasteiger partial charge in [-0.1, -0.05) is 0 Å². The molecule has 0 saturated carbocycles. The monoisotopic (exact) mass is 291 g/mol. The van der Waals surface area contributed by atoms with Gasteiger partial charge in [0, 0.05) is 18.3 Å². The number of carbonyl (C=O) groups is 1. The number of anilines is 1. The standard InChI is InChI=1S/C13H13N3O3S/c1-9(17)10-2-3-13-11(6-10)4-5-16(13)20(18,19)12-7-14-15-8-12/h2-3,6-8H,4-5H2,1H3,(H,14,15). The fourth-order valence-electron chi connectivity index (χ4n) is 2.35. The summed E-state index contributed by atoms with van der Waals surface area (Å²) in [4.78, 5) is 11.5. The van der Waals surface area contributed by atoms with Gasteiger partial charge in [-0.15, -0.1) is 0 Å². The first-order valence-electron chi connectivity index (χ1n) is 6.15. The highest BCUT2D eigenvalue weighted by Crippen LogP contribution is 2.33. The number of H-pyrrole nitrogens is 1. The average molecular weight is 291 g/mol. The number of rotatable bonds is 3. The number of benzene rings is 1. The van der Waals surface area contributed by atoms with E-state index in [9.17, 15) is 13.2 Å². The first kappa shape index (κ1) is 12.9. The van der Waals surface area contributed by atoms with E-state index in [1.54, 1.807) is 18.2 Å². The van der Waals surface area contributed by atoms with E-state index in [1.165, 1.54) is 23.6 Å². The molecule has 2 heterocycles. The fraction of sp³-hybridized carbons (Fsp3) is 0.231. The molecule has 0 saturated heterocycles. The lowest BCUT2D eigenvalue weighted by Gasteiger charge is -2.18. The summed E-state index contributed by atoms with van der Waals surface area (Å²) in [5, 5.41) is 6.18. The van der Waals surface area contributed by atoms with Gasteiger partial charge >= 0.3 is 0 Å². The molecule has 7 heteroatoms. The van der Waals surface area contributed by atoms with Crippen molar-refractivity contribution in [2.75, 3.05) is 10.8 Å². The summed E-state index contributed by atoms with van der Waals surface area (Å²) in [5.41, 5.74) is 2.12. The van der Waals surface area contributed by atoms with Crippen LogP contribution in [0.4, 0.5) is 5.69 Å². The number of carbonyl (C=O) groups excluding carboxylic acids is 1. The van der Waals surface area contributed by atoms with Crippen LogP contribution in [-0.4, -0.2) is 30.9 Å². The molecule has 0 aliphatic carbocycles. The van der Waals surface area contributed by atoms with Gasteiger partial charge in [0.1, 0.15) is 4.90 Å². The molecule has 20 heavy (non-hydrogen) atoms. The Morgan fingerprint density at radius 1 is 1.40 bits per heavy atom. The molecule has 1 aromatic heterocycles. The van der Waals surface area contributed by atoms with E-state index in [4.69, 9.17) is 0 Å². The van der Waals surface area contributed by atoms with E-state index in [1.807, 2.05) is 0 Å². The predicted octanol–water partition coefficient (Wildman–Crippen LogP) is 1.36. The van der Waals surface area contributed by atoms with Crippen LogP contribution < -0.4 is 4.31 Å². The first-order valence-corrected chi connectivity index (χ1v) is 7.59. The maximum Gasteiger partial charge on any atom is 0.267 e. The van der Waals surface area contributed by atoms with E-state index in [2.05, 4.69) is 10.2 Å². The Morgan fingerprint density at radius 3 is 2.85 bits per heavy atom. The quantitative estimate of drug-likeness (QED) is 0.866. The van der Waals surface area contributed by atoms with E-state index in [-0.39, 0.29) is 10.7 Å². The van der Waals surface area contributed by atoms with Crippen molar-refractivity contribution in [3.05, 3.63) is 41.7 Å². The van der Waals surface area contributed by atoms with Crippen molar-refractivity contribution in [2.45, 2.75) is 18.2 Å². The molecule has 1 aromatic carbocycles. The van der Waals surface area contributed by atoms with E-state index >= 15 is 0 Å². The third-order valence-corrected chi connectivity index (χ3v) is 5.18. The number of sulfonamides is 1. The van der Waals surface area contributed by atoms with Crippen molar-refractivity contribution >= 4 is 21.5 Å². The highest BCUT2D eigenvalue weighted by atomic mass is 32.2. The van der Waals surface area contributed by atoms with Crippen LogP contribution in [0.2, 0.25) is 0 Å². The third-order valence-electron chi connectivity index (χ3n) is 3.40. The van der Waals surface area contributed by atoms with Crippen molar-refractivity contribution in [3.8, 4) is 0 Å². The summed E-state index contributed by atoms with van der Waals surface area (Å²) in [5.74, 6) is -0.0241. The lowest BCUT2D eigenvalue weighted by atomic mass is 10.1. The van der Waals surface area contributed by atoms with Gasteiger partial charge in [0.05, 0.1) is 11.9 Å². The minimum atomic E-state index is -3.59. The Morgan fingerprint density at radius 2 is 2.20 bits per heavy atom. The molecule has 0 atom stereocenters. The normalized spacial score (nSPS) is 14.3. The second-order valence-electron chi connectivity index (χ2n) is 4.66. The predicted molar refractivity (Wildman–Crippen MR) is 73.3 cm³/mol. The molecular formula is C13H13N3O3S. The summed E-state index contributed by atoms with van der Waals surface area (Å²) in [7, 11) is -3.59. The number of aromatic amines is 1. The van der Waals surface area contributed by atoms with E-state index in [0.29, 0.717) is 24.2 Å². The molecule has 0 bridgehead atoms. The minimum Gasteiger partial charge on any atom is -0.295 e. The van der Waals surface area contributed by atoms with Crippen LogP contribution in [-0.2, 0) is 16.4 Å². The van der Waals surface area contributed by atoms with Crippen molar-refractivity contribution in [2.24, 2.45) is 0 Å². The van der Waals surface area contributed by atoms with E-state index in [0.717, 1.165) is 5.56 Å². The van der Waals surface area contributed by atoms with Crippen molar-refractivity contribution in [3.63, 3.8) is 0 Å². The highest BCUT2D eigenvalue weighted by Gasteiger charge is 2.31.